The molecule has 21 heavy (non-hydrogen) atoms. The number of aromatic nitrogens is 2. The zero-order chi connectivity index (χ0) is 15.3. The monoisotopic (exact) mass is 292 g/mol. The largest absolute Gasteiger partial charge is 0.385 e. The smallest absolute Gasteiger partial charge is 0.134 e. The van der Waals surface area contributed by atoms with E-state index < -0.39 is 0 Å². The fourth-order valence-corrected chi connectivity index (χ4v) is 2.50. The molecule has 1 aliphatic carbocycles. The summed E-state index contributed by atoms with van der Waals surface area (Å²) in [5.41, 5.74) is 1.52. The van der Waals surface area contributed by atoms with E-state index in [1.807, 2.05) is 6.92 Å². The number of nitrogens with zero attached hydrogens (tertiary/aromatic N) is 2. The number of ether oxygens (including phenoxy) is 1. The maximum absolute atomic E-state index is 5.21. The Labute approximate surface area is 127 Å². The van der Waals surface area contributed by atoms with Crippen molar-refractivity contribution >= 4 is 11.6 Å². The topological polar surface area (TPSA) is 59.1 Å². The standard InChI is InChI=1S/C16H28N4O/c1-5-9-17-14-12(2)15(20-13(3)19-14)18-11-16(6-7-16)8-10-21-4/h5-11H2,1-4H3,(H2,17,18,19,20). The lowest BCUT2D eigenvalue weighted by Crippen LogP contribution is -2.19. The Bertz CT molecular complexity index is 472. The van der Waals surface area contributed by atoms with Crippen molar-refractivity contribution < 1.29 is 4.74 Å². The number of hydrogen-bond acceptors (Lipinski definition) is 5. The number of nitrogens with one attached hydrogen (secondary N) is 2. The Morgan fingerprint density at radius 1 is 1.14 bits per heavy atom. The second-order valence-electron chi connectivity index (χ2n) is 6.12. The molecule has 1 aromatic heterocycles. The summed E-state index contributed by atoms with van der Waals surface area (Å²) in [6.45, 7) is 8.93. The molecule has 0 aliphatic heterocycles. The zero-order valence-corrected chi connectivity index (χ0v) is 13.8. The highest BCUT2D eigenvalue weighted by Crippen LogP contribution is 2.48. The number of hydrogen-bond donors (Lipinski definition) is 2. The van der Waals surface area contributed by atoms with Crippen LogP contribution in [-0.4, -0.2) is 36.8 Å². The van der Waals surface area contributed by atoms with Crippen molar-refractivity contribution in [3.05, 3.63) is 11.4 Å². The maximum atomic E-state index is 5.21. The highest BCUT2D eigenvalue weighted by molar-refractivity contribution is 5.57. The van der Waals surface area contributed by atoms with E-state index in [9.17, 15) is 0 Å². The van der Waals surface area contributed by atoms with Crippen LogP contribution in [0, 0.1) is 19.3 Å². The Balaban J connectivity index is 2.01. The van der Waals surface area contributed by atoms with Gasteiger partial charge in [0.05, 0.1) is 0 Å². The first-order chi connectivity index (χ1) is 10.1. The molecule has 0 radical (unpaired) electrons. The SMILES string of the molecule is CCCNc1nc(C)nc(NCC2(CCOC)CC2)c1C. The first-order valence-electron chi connectivity index (χ1n) is 7.92. The summed E-state index contributed by atoms with van der Waals surface area (Å²) < 4.78 is 5.21. The van der Waals surface area contributed by atoms with E-state index in [1.165, 1.54) is 12.8 Å². The number of methoxy groups -OCH3 is 1. The first-order valence-corrected chi connectivity index (χ1v) is 7.92. The molecule has 0 spiro atoms. The fraction of sp³-hybridized carbons (Fsp3) is 0.750. The van der Waals surface area contributed by atoms with Gasteiger partial charge in [-0.15, -0.1) is 0 Å². The summed E-state index contributed by atoms with van der Waals surface area (Å²) in [4.78, 5) is 9.06. The number of aryl methyl sites for hydroxylation is 1. The third kappa shape index (κ3) is 4.30. The molecular formula is C16H28N4O. The third-order valence-electron chi connectivity index (χ3n) is 4.22. The molecule has 5 nitrogen and oxygen atoms in total. The second kappa shape index (κ2) is 7.07. The van der Waals surface area contributed by atoms with Crippen LogP contribution >= 0.6 is 0 Å². The minimum atomic E-state index is 0.415. The van der Waals surface area contributed by atoms with Gasteiger partial charge < -0.3 is 15.4 Å². The van der Waals surface area contributed by atoms with E-state index in [0.717, 1.165) is 55.6 Å². The van der Waals surface area contributed by atoms with Crippen LogP contribution in [0.25, 0.3) is 0 Å². The lowest BCUT2D eigenvalue weighted by atomic mass is 10.0. The summed E-state index contributed by atoms with van der Waals surface area (Å²) in [7, 11) is 1.77. The van der Waals surface area contributed by atoms with Gasteiger partial charge in [-0.3, -0.25) is 0 Å². The van der Waals surface area contributed by atoms with Crippen LogP contribution < -0.4 is 10.6 Å². The minimum Gasteiger partial charge on any atom is -0.385 e. The van der Waals surface area contributed by atoms with E-state index in [4.69, 9.17) is 4.74 Å². The van der Waals surface area contributed by atoms with Gasteiger partial charge in [-0.05, 0) is 44.9 Å². The van der Waals surface area contributed by atoms with E-state index in [2.05, 4.69) is 34.4 Å². The minimum absolute atomic E-state index is 0.415. The summed E-state index contributed by atoms with van der Waals surface area (Å²) in [6, 6.07) is 0. The molecule has 0 bridgehead atoms. The predicted octanol–water partition coefficient (Wildman–Crippen LogP) is 3.14. The molecule has 5 heteroatoms. The third-order valence-corrected chi connectivity index (χ3v) is 4.22. The number of anilines is 2. The van der Waals surface area contributed by atoms with Crippen LogP contribution in [0.3, 0.4) is 0 Å². The summed E-state index contributed by atoms with van der Waals surface area (Å²) in [5.74, 6) is 2.72. The van der Waals surface area contributed by atoms with Crippen molar-refractivity contribution in [2.45, 2.75) is 46.5 Å². The van der Waals surface area contributed by atoms with Gasteiger partial charge >= 0.3 is 0 Å². The molecule has 0 saturated heterocycles. The van der Waals surface area contributed by atoms with Crippen LogP contribution in [0.5, 0.6) is 0 Å². The lowest BCUT2D eigenvalue weighted by molar-refractivity contribution is 0.175. The quantitative estimate of drug-likeness (QED) is 0.732. The molecule has 1 fully saturated rings. The van der Waals surface area contributed by atoms with E-state index in [1.54, 1.807) is 7.11 Å². The molecule has 1 saturated carbocycles. The van der Waals surface area contributed by atoms with Crippen molar-refractivity contribution in [1.82, 2.24) is 9.97 Å². The van der Waals surface area contributed by atoms with Crippen molar-refractivity contribution in [1.29, 1.82) is 0 Å². The van der Waals surface area contributed by atoms with Crippen molar-refractivity contribution in [3.63, 3.8) is 0 Å². The molecule has 0 unspecified atom stereocenters. The van der Waals surface area contributed by atoms with Gasteiger partial charge in [-0.25, -0.2) is 9.97 Å². The molecule has 2 rings (SSSR count). The van der Waals surface area contributed by atoms with Gasteiger partial charge in [0.25, 0.3) is 0 Å². The molecule has 1 aliphatic rings. The highest BCUT2D eigenvalue weighted by Gasteiger charge is 2.41. The molecule has 0 aromatic carbocycles. The van der Waals surface area contributed by atoms with Gasteiger partial charge in [-0.2, -0.15) is 0 Å². The molecular weight excluding hydrogens is 264 g/mol. The normalized spacial score (nSPS) is 15.8. The van der Waals surface area contributed by atoms with Gasteiger partial charge in [0.1, 0.15) is 17.5 Å². The fourth-order valence-electron chi connectivity index (χ4n) is 2.50. The molecule has 1 aromatic rings. The highest BCUT2D eigenvalue weighted by atomic mass is 16.5. The molecule has 2 N–H and O–H groups in total. The van der Waals surface area contributed by atoms with Crippen LogP contribution in [0.15, 0.2) is 0 Å². The van der Waals surface area contributed by atoms with Crippen molar-refractivity contribution in [2.75, 3.05) is 37.4 Å². The summed E-state index contributed by atoms with van der Waals surface area (Å²) >= 11 is 0. The average Bonchev–Trinajstić information content (AvgIpc) is 3.24. The Hall–Kier alpha value is -1.36. The van der Waals surface area contributed by atoms with E-state index >= 15 is 0 Å². The van der Waals surface area contributed by atoms with Gasteiger partial charge in [0, 0.05) is 32.4 Å². The van der Waals surface area contributed by atoms with Crippen LogP contribution in [0.2, 0.25) is 0 Å². The molecule has 1 heterocycles. The Morgan fingerprint density at radius 3 is 2.38 bits per heavy atom. The molecule has 118 valence electrons. The van der Waals surface area contributed by atoms with Gasteiger partial charge in [-0.1, -0.05) is 6.92 Å². The predicted molar refractivity (Wildman–Crippen MR) is 86.9 cm³/mol. The zero-order valence-electron chi connectivity index (χ0n) is 13.8. The average molecular weight is 292 g/mol. The molecule has 0 atom stereocenters. The van der Waals surface area contributed by atoms with Gasteiger partial charge in [0.15, 0.2) is 0 Å². The van der Waals surface area contributed by atoms with E-state index in [0.29, 0.717) is 5.41 Å². The summed E-state index contributed by atoms with van der Waals surface area (Å²) in [5, 5.41) is 6.92. The number of rotatable bonds is 9. The van der Waals surface area contributed by atoms with Crippen molar-refractivity contribution in [2.24, 2.45) is 5.41 Å². The second-order valence-corrected chi connectivity index (χ2v) is 6.12. The lowest BCUT2D eigenvalue weighted by Gasteiger charge is -2.18. The Kier molecular flexibility index (Phi) is 5.39. The van der Waals surface area contributed by atoms with Crippen LogP contribution in [0.1, 0.15) is 44.0 Å². The van der Waals surface area contributed by atoms with Crippen LogP contribution in [0.4, 0.5) is 11.6 Å². The first kappa shape index (κ1) is 16.0. The maximum Gasteiger partial charge on any atom is 0.134 e. The van der Waals surface area contributed by atoms with Gasteiger partial charge in [0.2, 0.25) is 0 Å². The Morgan fingerprint density at radius 2 is 1.81 bits per heavy atom. The van der Waals surface area contributed by atoms with Crippen LogP contribution in [-0.2, 0) is 4.74 Å². The van der Waals surface area contributed by atoms with Crippen molar-refractivity contribution in [3.8, 4) is 0 Å². The molecule has 0 amide bonds. The van der Waals surface area contributed by atoms with E-state index in [-0.39, 0.29) is 0 Å². The summed E-state index contributed by atoms with van der Waals surface area (Å²) in [6.07, 6.45) is 4.78.